The molecule has 0 fully saturated rings. The molecule has 0 saturated carbocycles. The summed E-state index contributed by atoms with van der Waals surface area (Å²) in [6.07, 6.45) is 0. The number of aryl methyl sites for hydroxylation is 1. The van der Waals surface area contributed by atoms with Crippen LogP contribution in [0.15, 0.2) is 48.5 Å². The average molecular weight is 274 g/mol. The molecule has 2 amide bonds. The fourth-order valence-corrected chi connectivity index (χ4v) is 1.46. The number of anilines is 2. The highest BCUT2D eigenvalue weighted by molar-refractivity contribution is 5.99. The second-order valence-corrected chi connectivity index (χ2v) is 3.95. The second-order valence-electron chi connectivity index (χ2n) is 3.95. The number of nitrogens with one attached hydrogen (secondary N) is 2. The Morgan fingerprint density at radius 3 is 1.70 bits per heavy atom. The minimum Gasteiger partial charge on any atom is -0.308 e. The predicted molar refractivity (Wildman–Crippen MR) is 81.6 cm³/mol. The Morgan fingerprint density at radius 2 is 1.25 bits per heavy atom. The molecular weight excluding hydrogens is 255 g/mol. The van der Waals surface area contributed by atoms with E-state index in [4.69, 9.17) is 0 Å². The van der Waals surface area contributed by atoms with E-state index in [1.165, 1.54) is 24.3 Å². The summed E-state index contributed by atoms with van der Waals surface area (Å²) in [6.45, 7) is 5.97. The first kappa shape index (κ1) is 15.7. The van der Waals surface area contributed by atoms with Crippen molar-refractivity contribution in [1.82, 2.24) is 0 Å². The lowest BCUT2D eigenvalue weighted by molar-refractivity contribution is 0.262. The summed E-state index contributed by atoms with van der Waals surface area (Å²) in [4.78, 5) is 11.6. The summed E-state index contributed by atoms with van der Waals surface area (Å²) in [5, 5.41) is 5.30. The molecule has 2 rings (SSSR count). The van der Waals surface area contributed by atoms with E-state index >= 15 is 0 Å². The van der Waals surface area contributed by atoms with Gasteiger partial charge in [0.2, 0.25) is 0 Å². The molecular formula is C16H19FN2O. The van der Waals surface area contributed by atoms with Crippen LogP contribution in [0, 0.1) is 12.7 Å². The van der Waals surface area contributed by atoms with Gasteiger partial charge in [-0.2, -0.15) is 0 Å². The summed E-state index contributed by atoms with van der Waals surface area (Å²) in [6, 6.07) is 12.7. The Kier molecular flexibility index (Phi) is 6.23. The maximum Gasteiger partial charge on any atom is 0.323 e. The van der Waals surface area contributed by atoms with Crippen molar-refractivity contribution in [1.29, 1.82) is 0 Å². The monoisotopic (exact) mass is 274 g/mol. The largest absolute Gasteiger partial charge is 0.323 e. The molecule has 2 N–H and O–H groups in total. The van der Waals surface area contributed by atoms with E-state index in [1.54, 1.807) is 0 Å². The lowest BCUT2D eigenvalue weighted by Gasteiger charge is -2.07. The third kappa shape index (κ3) is 5.10. The van der Waals surface area contributed by atoms with Crippen LogP contribution < -0.4 is 10.6 Å². The van der Waals surface area contributed by atoms with Crippen LogP contribution in [0.1, 0.15) is 19.4 Å². The molecule has 0 bridgehead atoms. The van der Waals surface area contributed by atoms with E-state index < -0.39 is 0 Å². The van der Waals surface area contributed by atoms with Gasteiger partial charge in [-0.05, 0) is 43.3 Å². The van der Waals surface area contributed by atoms with Gasteiger partial charge in [-0.15, -0.1) is 0 Å². The lowest BCUT2D eigenvalue weighted by Crippen LogP contribution is -2.19. The van der Waals surface area contributed by atoms with Crippen LogP contribution in [0.25, 0.3) is 0 Å². The minimum absolute atomic E-state index is 0.334. The van der Waals surface area contributed by atoms with Gasteiger partial charge in [-0.25, -0.2) is 9.18 Å². The maximum atomic E-state index is 12.7. The van der Waals surface area contributed by atoms with E-state index in [0.29, 0.717) is 11.4 Å². The zero-order valence-corrected chi connectivity index (χ0v) is 11.9. The Bertz CT molecular complexity index is 486. The van der Waals surface area contributed by atoms with Crippen molar-refractivity contribution in [2.75, 3.05) is 10.6 Å². The normalized spacial score (nSPS) is 9.20. The molecule has 0 saturated heterocycles. The summed E-state index contributed by atoms with van der Waals surface area (Å²) < 4.78 is 12.7. The zero-order chi connectivity index (χ0) is 15.0. The highest BCUT2D eigenvalue weighted by Gasteiger charge is 2.02. The summed E-state index contributed by atoms with van der Waals surface area (Å²) in [7, 11) is 0. The number of urea groups is 1. The van der Waals surface area contributed by atoms with Gasteiger partial charge in [0.25, 0.3) is 0 Å². The molecule has 0 spiro atoms. The third-order valence-corrected chi connectivity index (χ3v) is 2.41. The molecule has 0 heterocycles. The van der Waals surface area contributed by atoms with Gasteiger partial charge in [-0.3, -0.25) is 0 Å². The quantitative estimate of drug-likeness (QED) is 0.811. The van der Waals surface area contributed by atoms with Crippen LogP contribution in [0.4, 0.5) is 20.6 Å². The highest BCUT2D eigenvalue weighted by atomic mass is 19.1. The Labute approximate surface area is 118 Å². The predicted octanol–water partition coefficient (Wildman–Crippen LogP) is 4.80. The molecule has 0 aliphatic carbocycles. The fourth-order valence-electron chi connectivity index (χ4n) is 1.46. The summed E-state index contributed by atoms with van der Waals surface area (Å²) in [5.74, 6) is -0.334. The van der Waals surface area contributed by atoms with Gasteiger partial charge in [-0.1, -0.05) is 31.5 Å². The zero-order valence-electron chi connectivity index (χ0n) is 11.9. The molecule has 0 aliphatic heterocycles. The van der Waals surface area contributed by atoms with Crippen molar-refractivity contribution >= 4 is 17.4 Å². The van der Waals surface area contributed by atoms with Crippen molar-refractivity contribution in [2.24, 2.45) is 0 Å². The van der Waals surface area contributed by atoms with Crippen LogP contribution in [0.2, 0.25) is 0 Å². The van der Waals surface area contributed by atoms with E-state index in [0.717, 1.165) is 5.56 Å². The Balaban J connectivity index is 0.000000956. The standard InChI is InChI=1S/C14H13FN2O.C2H6/c1-10-2-6-12(7-3-10)16-14(18)17-13-8-4-11(15)5-9-13;1-2/h2-9H,1H3,(H2,16,17,18);1-2H3. The summed E-state index contributed by atoms with van der Waals surface area (Å²) in [5.41, 5.74) is 2.38. The number of carbonyl (C=O) groups is 1. The number of hydrogen-bond acceptors (Lipinski definition) is 1. The number of amides is 2. The van der Waals surface area contributed by atoms with Gasteiger partial charge < -0.3 is 10.6 Å². The van der Waals surface area contributed by atoms with Gasteiger partial charge in [0.1, 0.15) is 5.82 Å². The minimum atomic E-state index is -0.356. The Morgan fingerprint density at radius 1 is 0.850 bits per heavy atom. The van der Waals surface area contributed by atoms with Crippen LogP contribution in [0.5, 0.6) is 0 Å². The number of hydrogen-bond donors (Lipinski definition) is 2. The molecule has 4 heteroatoms. The second kappa shape index (κ2) is 7.94. The van der Waals surface area contributed by atoms with E-state index in [9.17, 15) is 9.18 Å². The highest BCUT2D eigenvalue weighted by Crippen LogP contribution is 2.11. The first-order valence-electron chi connectivity index (χ1n) is 6.54. The molecule has 2 aromatic rings. The number of benzene rings is 2. The van der Waals surface area contributed by atoms with Crippen LogP contribution in [-0.2, 0) is 0 Å². The molecule has 20 heavy (non-hydrogen) atoms. The number of carbonyl (C=O) groups excluding carboxylic acids is 1. The summed E-state index contributed by atoms with van der Waals surface area (Å²) >= 11 is 0. The van der Waals surface area contributed by atoms with E-state index in [-0.39, 0.29) is 11.8 Å². The van der Waals surface area contributed by atoms with Crippen molar-refractivity contribution in [3.8, 4) is 0 Å². The first-order valence-corrected chi connectivity index (χ1v) is 6.54. The molecule has 106 valence electrons. The SMILES string of the molecule is CC.Cc1ccc(NC(=O)Nc2ccc(F)cc2)cc1. The van der Waals surface area contributed by atoms with Crippen molar-refractivity contribution in [2.45, 2.75) is 20.8 Å². The van der Waals surface area contributed by atoms with Crippen molar-refractivity contribution in [3.05, 3.63) is 59.9 Å². The molecule has 0 radical (unpaired) electrons. The number of halogens is 1. The lowest BCUT2D eigenvalue weighted by atomic mass is 10.2. The molecule has 2 aromatic carbocycles. The van der Waals surface area contributed by atoms with Gasteiger partial charge in [0.05, 0.1) is 0 Å². The van der Waals surface area contributed by atoms with E-state index in [2.05, 4.69) is 10.6 Å². The van der Waals surface area contributed by atoms with Gasteiger partial charge in [0.15, 0.2) is 0 Å². The average Bonchev–Trinajstić information content (AvgIpc) is 2.46. The molecule has 0 aromatic heterocycles. The van der Waals surface area contributed by atoms with Crippen molar-refractivity contribution in [3.63, 3.8) is 0 Å². The van der Waals surface area contributed by atoms with Crippen LogP contribution in [0.3, 0.4) is 0 Å². The Hall–Kier alpha value is -2.36. The van der Waals surface area contributed by atoms with Crippen LogP contribution in [-0.4, -0.2) is 6.03 Å². The van der Waals surface area contributed by atoms with Gasteiger partial charge >= 0.3 is 6.03 Å². The van der Waals surface area contributed by atoms with Crippen molar-refractivity contribution < 1.29 is 9.18 Å². The third-order valence-electron chi connectivity index (χ3n) is 2.41. The van der Waals surface area contributed by atoms with E-state index in [1.807, 2.05) is 45.0 Å². The molecule has 0 atom stereocenters. The smallest absolute Gasteiger partial charge is 0.308 e. The van der Waals surface area contributed by atoms with Gasteiger partial charge in [0, 0.05) is 11.4 Å². The first-order chi connectivity index (χ1) is 9.63. The number of rotatable bonds is 2. The maximum absolute atomic E-state index is 12.7. The fraction of sp³-hybridized carbons (Fsp3) is 0.188. The molecule has 3 nitrogen and oxygen atoms in total. The van der Waals surface area contributed by atoms with Crippen LogP contribution >= 0.6 is 0 Å². The molecule has 0 unspecified atom stereocenters. The molecule has 0 aliphatic rings. The topological polar surface area (TPSA) is 41.1 Å².